The largest absolute Gasteiger partial charge is 0.458 e. The van der Waals surface area contributed by atoms with Crippen molar-refractivity contribution >= 4 is 51.1 Å². The second-order valence-corrected chi connectivity index (χ2v) is 9.20. The SMILES string of the molecule is CC(=O)OC1CCC(NS(=O)(=O)OCC(Cl)(Cl)Cl)c2ccccc21. The number of esters is 1. The highest BCUT2D eigenvalue weighted by Crippen LogP contribution is 2.38. The summed E-state index contributed by atoms with van der Waals surface area (Å²) in [7, 11) is -4.11. The van der Waals surface area contributed by atoms with Crippen LogP contribution in [0.2, 0.25) is 0 Å². The summed E-state index contributed by atoms with van der Waals surface area (Å²) in [5, 5.41) is 0. The predicted octanol–water partition coefficient (Wildman–Crippen LogP) is 3.35. The van der Waals surface area contributed by atoms with Gasteiger partial charge < -0.3 is 4.74 Å². The first-order valence-electron chi connectivity index (χ1n) is 7.07. The maximum absolute atomic E-state index is 12.0. The van der Waals surface area contributed by atoms with Crippen molar-refractivity contribution in [2.75, 3.05) is 6.61 Å². The molecule has 1 aliphatic carbocycles. The van der Waals surface area contributed by atoms with Crippen molar-refractivity contribution in [3.05, 3.63) is 35.4 Å². The molecule has 0 aromatic heterocycles. The number of carbonyl (C=O) groups excluding carboxylic acids is 1. The highest BCUT2D eigenvalue weighted by molar-refractivity contribution is 7.84. The second-order valence-electron chi connectivity index (χ2n) is 5.31. The molecule has 0 saturated heterocycles. The number of halogens is 3. The van der Waals surface area contributed by atoms with Gasteiger partial charge in [0.2, 0.25) is 3.79 Å². The number of hydrogen-bond donors (Lipinski definition) is 1. The van der Waals surface area contributed by atoms with E-state index < -0.39 is 32.8 Å². The van der Waals surface area contributed by atoms with Gasteiger partial charge in [-0.15, -0.1) is 0 Å². The molecule has 1 aromatic rings. The minimum absolute atomic E-state index is 0.389. The van der Waals surface area contributed by atoms with E-state index in [2.05, 4.69) is 8.91 Å². The molecule has 1 aromatic carbocycles. The van der Waals surface area contributed by atoms with Gasteiger partial charge in [-0.05, 0) is 24.0 Å². The molecule has 0 fully saturated rings. The van der Waals surface area contributed by atoms with Crippen molar-refractivity contribution in [2.45, 2.75) is 35.7 Å². The lowest BCUT2D eigenvalue weighted by Gasteiger charge is -2.31. The summed E-state index contributed by atoms with van der Waals surface area (Å²) in [4.78, 5) is 11.2. The third kappa shape index (κ3) is 5.75. The molecule has 6 nitrogen and oxygen atoms in total. The molecule has 0 bridgehead atoms. The molecule has 2 atom stereocenters. The summed E-state index contributed by atoms with van der Waals surface area (Å²) in [6.07, 6.45) is 0.515. The summed E-state index contributed by atoms with van der Waals surface area (Å²) in [5.41, 5.74) is 1.48. The average Bonchev–Trinajstić information content (AvgIpc) is 2.47. The Hall–Kier alpha value is -0.570. The van der Waals surface area contributed by atoms with Gasteiger partial charge in [0.15, 0.2) is 0 Å². The number of hydrogen-bond acceptors (Lipinski definition) is 5. The van der Waals surface area contributed by atoms with Crippen LogP contribution in [0.5, 0.6) is 0 Å². The smallest absolute Gasteiger partial charge is 0.336 e. The van der Waals surface area contributed by atoms with Gasteiger partial charge in [-0.25, -0.2) is 0 Å². The quantitative estimate of drug-likeness (QED) is 0.588. The molecule has 0 saturated carbocycles. The Morgan fingerprint density at radius 3 is 2.46 bits per heavy atom. The normalized spacial score (nSPS) is 21.2. The van der Waals surface area contributed by atoms with Crippen molar-refractivity contribution in [2.24, 2.45) is 0 Å². The zero-order valence-corrected chi connectivity index (χ0v) is 15.8. The van der Waals surface area contributed by atoms with Crippen LogP contribution in [0.15, 0.2) is 24.3 Å². The Balaban J connectivity index is 2.16. The number of rotatable bonds is 5. The fourth-order valence-electron chi connectivity index (χ4n) is 2.55. The van der Waals surface area contributed by atoms with Crippen LogP contribution in [0.3, 0.4) is 0 Å². The van der Waals surface area contributed by atoms with Crippen molar-refractivity contribution in [1.82, 2.24) is 4.72 Å². The molecule has 0 aliphatic heterocycles. The Labute approximate surface area is 155 Å². The second kappa shape index (κ2) is 7.76. The molecule has 134 valence electrons. The zero-order valence-electron chi connectivity index (χ0n) is 12.7. The van der Waals surface area contributed by atoms with Crippen LogP contribution in [0.25, 0.3) is 0 Å². The summed E-state index contributed by atoms with van der Waals surface area (Å²) in [6, 6.07) is 6.62. The Morgan fingerprint density at radius 1 is 1.25 bits per heavy atom. The standard InChI is InChI=1S/C14H16Cl3NO5S/c1-9(19)23-13-7-6-12(10-4-2-3-5-11(10)13)18-24(20,21)22-8-14(15,16)17/h2-5,12-13,18H,6-8H2,1H3. The van der Waals surface area contributed by atoms with Gasteiger partial charge in [-0.1, -0.05) is 59.1 Å². The fraction of sp³-hybridized carbons (Fsp3) is 0.500. The van der Waals surface area contributed by atoms with Crippen molar-refractivity contribution in [3.8, 4) is 0 Å². The van der Waals surface area contributed by atoms with Gasteiger partial charge in [0.05, 0.1) is 0 Å². The molecule has 0 heterocycles. The highest BCUT2D eigenvalue weighted by Gasteiger charge is 2.32. The highest BCUT2D eigenvalue weighted by atomic mass is 35.6. The molecule has 0 amide bonds. The molecule has 2 rings (SSSR count). The fourth-order valence-corrected chi connectivity index (χ4v) is 3.90. The molecular weight excluding hydrogens is 401 g/mol. The van der Waals surface area contributed by atoms with Crippen LogP contribution in [0.1, 0.15) is 43.0 Å². The molecule has 10 heteroatoms. The van der Waals surface area contributed by atoms with E-state index in [4.69, 9.17) is 39.5 Å². The lowest BCUT2D eigenvalue weighted by Crippen LogP contribution is -2.35. The Kier molecular flexibility index (Phi) is 6.39. The van der Waals surface area contributed by atoms with E-state index in [-0.39, 0.29) is 5.97 Å². The minimum Gasteiger partial charge on any atom is -0.458 e. The molecule has 1 N–H and O–H groups in total. The van der Waals surface area contributed by atoms with E-state index in [1.807, 2.05) is 0 Å². The topological polar surface area (TPSA) is 81.7 Å². The Morgan fingerprint density at radius 2 is 1.88 bits per heavy atom. The van der Waals surface area contributed by atoms with Crippen LogP contribution >= 0.6 is 34.8 Å². The predicted molar refractivity (Wildman–Crippen MR) is 91.2 cm³/mol. The molecule has 2 unspecified atom stereocenters. The monoisotopic (exact) mass is 415 g/mol. The van der Waals surface area contributed by atoms with E-state index in [1.165, 1.54) is 6.92 Å². The van der Waals surface area contributed by atoms with Crippen molar-refractivity contribution in [1.29, 1.82) is 0 Å². The molecule has 24 heavy (non-hydrogen) atoms. The summed E-state index contributed by atoms with van der Waals surface area (Å²) in [6.45, 7) is 0.736. The van der Waals surface area contributed by atoms with E-state index in [0.717, 1.165) is 11.1 Å². The van der Waals surface area contributed by atoms with Gasteiger partial charge >= 0.3 is 16.3 Å². The number of alkyl halides is 3. The third-order valence-electron chi connectivity index (χ3n) is 3.41. The van der Waals surface area contributed by atoms with Crippen LogP contribution in [0, 0.1) is 0 Å². The maximum atomic E-state index is 12.0. The van der Waals surface area contributed by atoms with Crippen LogP contribution in [-0.2, 0) is 24.0 Å². The van der Waals surface area contributed by atoms with Crippen LogP contribution in [-0.4, -0.2) is 24.8 Å². The van der Waals surface area contributed by atoms with Crippen molar-refractivity contribution in [3.63, 3.8) is 0 Å². The minimum atomic E-state index is -4.11. The number of benzene rings is 1. The number of ether oxygens (including phenoxy) is 1. The van der Waals surface area contributed by atoms with Crippen molar-refractivity contribution < 1.29 is 22.1 Å². The number of nitrogens with one attached hydrogen (secondary N) is 1. The van der Waals surface area contributed by atoms with Gasteiger partial charge in [-0.2, -0.15) is 13.1 Å². The lowest BCUT2D eigenvalue weighted by molar-refractivity contribution is -0.147. The first kappa shape index (κ1) is 19.8. The first-order valence-corrected chi connectivity index (χ1v) is 9.61. The molecule has 0 radical (unpaired) electrons. The van der Waals surface area contributed by atoms with Gasteiger partial charge in [0.1, 0.15) is 12.7 Å². The molecular formula is C14H16Cl3NO5S. The van der Waals surface area contributed by atoms with E-state index in [0.29, 0.717) is 12.8 Å². The number of fused-ring (bicyclic) bond motifs is 1. The van der Waals surface area contributed by atoms with E-state index >= 15 is 0 Å². The summed E-state index contributed by atoms with van der Waals surface area (Å²) < 4.78 is 34.6. The zero-order chi connectivity index (χ0) is 18.0. The van der Waals surface area contributed by atoms with Gasteiger partial charge in [-0.3, -0.25) is 8.98 Å². The third-order valence-corrected chi connectivity index (χ3v) is 4.74. The number of carbonyl (C=O) groups is 1. The van der Waals surface area contributed by atoms with Crippen LogP contribution in [0.4, 0.5) is 0 Å². The molecule has 0 spiro atoms. The average molecular weight is 417 g/mol. The summed E-state index contributed by atoms with van der Waals surface area (Å²) in [5.74, 6) is -0.389. The maximum Gasteiger partial charge on any atom is 0.336 e. The first-order chi connectivity index (χ1) is 11.1. The van der Waals surface area contributed by atoms with E-state index in [9.17, 15) is 13.2 Å². The molecule has 1 aliphatic rings. The van der Waals surface area contributed by atoms with Gasteiger partial charge in [0, 0.05) is 13.0 Å². The Bertz CT molecular complexity index is 705. The lowest BCUT2D eigenvalue weighted by atomic mass is 9.86. The van der Waals surface area contributed by atoms with Gasteiger partial charge in [0.25, 0.3) is 0 Å². The van der Waals surface area contributed by atoms with Crippen LogP contribution < -0.4 is 4.72 Å². The summed E-state index contributed by atoms with van der Waals surface area (Å²) >= 11 is 16.5. The van der Waals surface area contributed by atoms with E-state index in [1.54, 1.807) is 24.3 Å².